The van der Waals surface area contributed by atoms with Crippen LogP contribution in [0.15, 0.2) is 89.3 Å². The topological polar surface area (TPSA) is 89.7 Å². The SMILES string of the molecule is CN(C)CC(Cc1ccccc1)OCC(=O)Nc1ccc(-c2nnc(CSCCOc3ccccc3)o2)cc1. The van der Waals surface area contributed by atoms with E-state index in [2.05, 4.69) is 32.5 Å². The van der Waals surface area contributed by atoms with Crippen LogP contribution in [0.25, 0.3) is 11.5 Å². The molecule has 0 saturated carbocycles. The molecule has 3 aromatic carbocycles. The molecule has 204 valence electrons. The lowest BCUT2D eigenvalue weighted by Crippen LogP contribution is -2.33. The minimum atomic E-state index is -0.201. The second-order valence-electron chi connectivity index (χ2n) is 9.23. The van der Waals surface area contributed by atoms with Crippen molar-refractivity contribution < 1.29 is 18.7 Å². The Morgan fingerprint density at radius 3 is 2.41 bits per heavy atom. The van der Waals surface area contributed by atoms with Gasteiger partial charge in [0.15, 0.2) is 0 Å². The predicted molar refractivity (Wildman–Crippen MR) is 155 cm³/mol. The molecule has 0 fully saturated rings. The number of aromatic nitrogens is 2. The minimum absolute atomic E-state index is 0.0197. The summed E-state index contributed by atoms with van der Waals surface area (Å²) in [5.74, 6) is 3.09. The first-order chi connectivity index (χ1) is 19.0. The summed E-state index contributed by atoms with van der Waals surface area (Å²) in [7, 11) is 3.99. The number of carbonyl (C=O) groups is 1. The molecule has 1 heterocycles. The number of hydrogen-bond acceptors (Lipinski definition) is 8. The Morgan fingerprint density at radius 1 is 0.974 bits per heavy atom. The van der Waals surface area contributed by atoms with E-state index in [1.54, 1.807) is 11.8 Å². The fourth-order valence-electron chi connectivity index (χ4n) is 3.87. The van der Waals surface area contributed by atoms with Crippen LogP contribution in [-0.2, 0) is 21.7 Å². The van der Waals surface area contributed by atoms with Crippen molar-refractivity contribution in [1.29, 1.82) is 0 Å². The van der Waals surface area contributed by atoms with Gasteiger partial charge in [0.25, 0.3) is 0 Å². The maximum absolute atomic E-state index is 12.5. The molecule has 1 atom stereocenters. The summed E-state index contributed by atoms with van der Waals surface area (Å²) in [6.07, 6.45) is 0.657. The molecule has 0 radical (unpaired) electrons. The van der Waals surface area contributed by atoms with E-state index in [1.165, 1.54) is 5.56 Å². The van der Waals surface area contributed by atoms with Gasteiger partial charge >= 0.3 is 0 Å². The van der Waals surface area contributed by atoms with Gasteiger partial charge in [0.1, 0.15) is 12.4 Å². The van der Waals surface area contributed by atoms with Gasteiger partial charge in [-0.3, -0.25) is 4.79 Å². The van der Waals surface area contributed by atoms with Crippen molar-refractivity contribution in [1.82, 2.24) is 15.1 Å². The second kappa shape index (κ2) is 15.1. The summed E-state index contributed by atoms with van der Waals surface area (Å²) in [6, 6.07) is 27.2. The number of nitrogens with zero attached hydrogens (tertiary/aromatic N) is 3. The van der Waals surface area contributed by atoms with E-state index in [0.29, 0.717) is 29.8 Å². The summed E-state index contributed by atoms with van der Waals surface area (Å²) >= 11 is 1.67. The number of thioether (sulfide) groups is 1. The number of benzene rings is 3. The molecule has 9 heteroatoms. The van der Waals surface area contributed by atoms with Crippen LogP contribution in [0.4, 0.5) is 5.69 Å². The summed E-state index contributed by atoms with van der Waals surface area (Å²) < 4.78 is 17.5. The average molecular weight is 547 g/mol. The van der Waals surface area contributed by atoms with E-state index in [1.807, 2.05) is 86.9 Å². The van der Waals surface area contributed by atoms with Gasteiger partial charge in [-0.25, -0.2) is 0 Å². The molecule has 8 nitrogen and oxygen atoms in total. The van der Waals surface area contributed by atoms with Crippen LogP contribution in [0.2, 0.25) is 0 Å². The van der Waals surface area contributed by atoms with Gasteiger partial charge in [-0.1, -0.05) is 48.5 Å². The van der Waals surface area contributed by atoms with Gasteiger partial charge in [0.05, 0.1) is 18.5 Å². The Labute approximate surface area is 233 Å². The smallest absolute Gasteiger partial charge is 0.250 e. The van der Waals surface area contributed by atoms with E-state index < -0.39 is 0 Å². The molecule has 1 N–H and O–H groups in total. The number of carbonyl (C=O) groups excluding carboxylic acids is 1. The summed E-state index contributed by atoms with van der Waals surface area (Å²) in [4.78, 5) is 14.6. The molecule has 1 aromatic heterocycles. The molecule has 0 aliphatic heterocycles. The number of nitrogens with one attached hydrogen (secondary N) is 1. The van der Waals surface area contributed by atoms with Gasteiger partial charge in [-0.05, 0) is 62.5 Å². The van der Waals surface area contributed by atoms with Gasteiger partial charge in [-0.15, -0.1) is 22.0 Å². The predicted octanol–water partition coefficient (Wildman–Crippen LogP) is 5.18. The average Bonchev–Trinajstić information content (AvgIpc) is 3.42. The minimum Gasteiger partial charge on any atom is -0.493 e. The molecule has 0 spiro atoms. The number of hydrogen-bond donors (Lipinski definition) is 1. The quantitative estimate of drug-likeness (QED) is 0.204. The molecule has 0 bridgehead atoms. The van der Waals surface area contributed by atoms with Crippen LogP contribution in [-0.4, -0.2) is 66.7 Å². The molecule has 0 aliphatic rings. The zero-order chi connectivity index (χ0) is 27.3. The lowest BCUT2D eigenvalue weighted by atomic mass is 10.1. The standard InChI is InChI=1S/C30H34N4O4S/c1-34(2)20-27(19-23-9-5-3-6-10-23)37-21-28(35)31-25-15-13-24(14-16-25)30-33-32-29(38-30)22-39-18-17-36-26-11-7-4-8-12-26/h3-16,27H,17-22H2,1-2H3,(H,31,35). The largest absolute Gasteiger partial charge is 0.493 e. The molecule has 4 aromatic rings. The van der Waals surface area contributed by atoms with Gasteiger partial charge < -0.3 is 24.1 Å². The van der Waals surface area contributed by atoms with Crippen molar-refractivity contribution in [3.05, 3.63) is 96.4 Å². The third-order valence-corrected chi connectivity index (χ3v) is 6.58. The van der Waals surface area contributed by atoms with Gasteiger partial charge in [0.2, 0.25) is 17.7 Å². The van der Waals surface area contributed by atoms with E-state index in [9.17, 15) is 4.79 Å². The highest BCUT2D eigenvalue weighted by Gasteiger charge is 2.15. The van der Waals surface area contributed by atoms with E-state index in [-0.39, 0.29) is 18.6 Å². The third-order valence-electron chi connectivity index (χ3n) is 5.67. The van der Waals surface area contributed by atoms with Crippen molar-refractivity contribution >= 4 is 23.4 Å². The third kappa shape index (κ3) is 9.86. The Bertz CT molecular complexity index is 1270. The fourth-order valence-corrected chi connectivity index (χ4v) is 4.51. The van der Waals surface area contributed by atoms with Crippen molar-refractivity contribution in [3.8, 4) is 17.2 Å². The van der Waals surface area contributed by atoms with Crippen LogP contribution >= 0.6 is 11.8 Å². The second-order valence-corrected chi connectivity index (χ2v) is 10.3. The summed E-state index contributed by atoms with van der Waals surface area (Å²) in [5.41, 5.74) is 2.64. The summed E-state index contributed by atoms with van der Waals surface area (Å²) in [6.45, 7) is 1.31. The van der Waals surface area contributed by atoms with Crippen LogP contribution in [0, 0.1) is 0 Å². The molecule has 1 unspecified atom stereocenters. The number of para-hydroxylation sites is 1. The Kier molecular flexibility index (Phi) is 10.9. The highest BCUT2D eigenvalue weighted by molar-refractivity contribution is 7.98. The maximum atomic E-state index is 12.5. The maximum Gasteiger partial charge on any atom is 0.250 e. The van der Waals surface area contributed by atoms with E-state index in [4.69, 9.17) is 13.9 Å². The van der Waals surface area contributed by atoms with Crippen molar-refractivity contribution in [3.63, 3.8) is 0 Å². The normalized spacial score (nSPS) is 11.9. The first-order valence-corrected chi connectivity index (χ1v) is 14.0. The van der Waals surface area contributed by atoms with Crippen molar-refractivity contribution in [2.45, 2.75) is 18.3 Å². The number of ether oxygens (including phenoxy) is 2. The van der Waals surface area contributed by atoms with Gasteiger partial charge in [-0.2, -0.15) is 0 Å². The number of amides is 1. The monoisotopic (exact) mass is 546 g/mol. The molecule has 4 rings (SSSR count). The van der Waals surface area contributed by atoms with Crippen LogP contribution < -0.4 is 10.1 Å². The highest BCUT2D eigenvalue weighted by Crippen LogP contribution is 2.22. The Hall–Kier alpha value is -3.66. The zero-order valence-electron chi connectivity index (χ0n) is 22.3. The number of anilines is 1. The van der Waals surface area contributed by atoms with E-state index in [0.717, 1.165) is 30.0 Å². The first kappa shape index (κ1) is 28.4. The van der Waals surface area contributed by atoms with Crippen LogP contribution in [0.3, 0.4) is 0 Å². The lowest BCUT2D eigenvalue weighted by molar-refractivity contribution is -0.122. The number of rotatable bonds is 15. The fraction of sp³-hybridized carbons (Fsp3) is 0.300. The zero-order valence-corrected chi connectivity index (χ0v) is 23.1. The lowest BCUT2D eigenvalue weighted by Gasteiger charge is -2.21. The molecule has 39 heavy (non-hydrogen) atoms. The van der Waals surface area contributed by atoms with Crippen molar-refractivity contribution in [2.24, 2.45) is 0 Å². The van der Waals surface area contributed by atoms with Crippen molar-refractivity contribution in [2.75, 3.05) is 44.9 Å². The Morgan fingerprint density at radius 2 is 1.69 bits per heavy atom. The molecule has 1 amide bonds. The molecular weight excluding hydrogens is 512 g/mol. The Balaban J connectivity index is 1.20. The number of likely N-dealkylation sites (N-methyl/N-ethyl adjacent to an activating group) is 1. The first-order valence-electron chi connectivity index (χ1n) is 12.8. The van der Waals surface area contributed by atoms with E-state index >= 15 is 0 Å². The van der Waals surface area contributed by atoms with Crippen LogP contribution in [0.5, 0.6) is 5.75 Å². The summed E-state index contributed by atoms with van der Waals surface area (Å²) in [5, 5.41) is 11.2. The highest BCUT2D eigenvalue weighted by atomic mass is 32.2. The van der Waals surface area contributed by atoms with Gasteiger partial charge in [0, 0.05) is 23.5 Å². The molecule has 0 aliphatic carbocycles. The van der Waals surface area contributed by atoms with Crippen LogP contribution in [0.1, 0.15) is 11.5 Å². The molecule has 0 saturated heterocycles. The molecular formula is C30H34N4O4S.